The number of hydrogen-bond donors (Lipinski definition) is 1. The van der Waals surface area contributed by atoms with Gasteiger partial charge in [0.05, 0.1) is 12.7 Å². The Morgan fingerprint density at radius 1 is 1.43 bits per heavy atom. The third-order valence-electron chi connectivity index (χ3n) is 2.29. The standard InChI is InChI=1S/C11H22O3/c1-10(2,3)8-11(4)13-7-9(14-11)5-6-12/h9,12H,5-8H2,1-4H3. The first-order valence-electron chi connectivity index (χ1n) is 5.27. The van der Waals surface area contributed by atoms with Gasteiger partial charge in [0, 0.05) is 13.0 Å². The van der Waals surface area contributed by atoms with E-state index in [0.29, 0.717) is 13.0 Å². The minimum Gasteiger partial charge on any atom is -0.396 e. The van der Waals surface area contributed by atoms with Crippen LogP contribution in [-0.4, -0.2) is 30.2 Å². The van der Waals surface area contributed by atoms with Crippen molar-refractivity contribution in [3.05, 3.63) is 0 Å². The van der Waals surface area contributed by atoms with Crippen molar-refractivity contribution in [3.8, 4) is 0 Å². The SMILES string of the molecule is CC(C)(C)CC1(C)OCC(CCO)O1. The highest BCUT2D eigenvalue weighted by atomic mass is 16.7. The zero-order chi connectivity index (χ0) is 10.8. The van der Waals surface area contributed by atoms with Crippen LogP contribution in [0, 0.1) is 5.41 Å². The van der Waals surface area contributed by atoms with Gasteiger partial charge in [-0.15, -0.1) is 0 Å². The molecule has 0 radical (unpaired) electrons. The quantitative estimate of drug-likeness (QED) is 0.760. The van der Waals surface area contributed by atoms with Crippen LogP contribution in [0.1, 0.15) is 40.5 Å². The maximum atomic E-state index is 8.79. The lowest BCUT2D eigenvalue weighted by atomic mass is 9.88. The van der Waals surface area contributed by atoms with E-state index in [-0.39, 0.29) is 18.1 Å². The Kier molecular flexibility index (Phi) is 3.56. The molecule has 0 aromatic carbocycles. The van der Waals surface area contributed by atoms with Crippen molar-refractivity contribution in [2.45, 2.75) is 52.4 Å². The van der Waals surface area contributed by atoms with Crippen LogP contribution in [0.5, 0.6) is 0 Å². The Labute approximate surface area is 86.4 Å². The monoisotopic (exact) mass is 202 g/mol. The van der Waals surface area contributed by atoms with Crippen molar-refractivity contribution in [1.29, 1.82) is 0 Å². The van der Waals surface area contributed by atoms with Crippen molar-refractivity contribution >= 4 is 0 Å². The Bertz CT molecular complexity index is 185. The molecule has 2 atom stereocenters. The van der Waals surface area contributed by atoms with Gasteiger partial charge in [-0.3, -0.25) is 0 Å². The van der Waals surface area contributed by atoms with Gasteiger partial charge < -0.3 is 14.6 Å². The molecule has 0 aliphatic carbocycles. The minimum absolute atomic E-state index is 0.0624. The summed E-state index contributed by atoms with van der Waals surface area (Å²) in [6, 6.07) is 0. The lowest BCUT2D eigenvalue weighted by Crippen LogP contribution is -2.32. The zero-order valence-corrected chi connectivity index (χ0v) is 9.67. The second-order valence-electron chi connectivity index (χ2n) is 5.43. The molecule has 2 unspecified atom stereocenters. The van der Waals surface area contributed by atoms with Gasteiger partial charge in [-0.05, 0) is 18.8 Å². The number of aliphatic hydroxyl groups is 1. The van der Waals surface area contributed by atoms with Gasteiger partial charge in [-0.25, -0.2) is 0 Å². The van der Waals surface area contributed by atoms with Crippen molar-refractivity contribution in [2.24, 2.45) is 5.41 Å². The predicted octanol–water partition coefficient (Wildman–Crippen LogP) is 1.94. The highest BCUT2D eigenvalue weighted by Gasteiger charge is 2.39. The maximum absolute atomic E-state index is 8.79. The zero-order valence-electron chi connectivity index (χ0n) is 9.67. The average Bonchev–Trinajstić information content (AvgIpc) is 2.28. The number of ether oxygens (including phenoxy) is 2. The van der Waals surface area contributed by atoms with Gasteiger partial charge in [-0.1, -0.05) is 20.8 Å². The van der Waals surface area contributed by atoms with Crippen molar-refractivity contribution in [1.82, 2.24) is 0 Å². The Morgan fingerprint density at radius 3 is 2.57 bits per heavy atom. The smallest absolute Gasteiger partial charge is 0.166 e. The summed E-state index contributed by atoms with van der Waals surface area (Å²) >= 11 is 0. The molecular weight excluding hydrogens is 180 g/mol. The summed E-state index contributed by atoms with van der Waals surface area (Å²) in [5.41, 5.74) is 0.197. The molecule has 1 saturated heterocycles. The molecule has 0 bridgehead atoms. The molecule has 3 nitrogen and oxygen atoms in total. The highest BCUT2D eigenvalue weighted by molar-refractivity contribution is 4.79. The van der Waals surface area contributed by atoms with E-state index < -0.39 is 5.79 Å². The summed E-state index contributed by atoms with van der Waals surface area (Å²) in [5.74, 6) is -0.460. The minimum atomic E-state index is -0.460. The maximum Gasteiger partial charge on any atom is 0.166 e. The average molecular weight is 202 g/mol. The molecule has 0 aromatic heterocycles. The van der Waals surface area contributed by atoms with E-state index >= 15 is 0 Å². The van der Waals surface area contributed by atoms with Crippen molar-refractivity contribution < 1.29 is 14.6 Å². The van der Waals surface area contributed by atoms with Crippen LogP contribution >= 0.6 is 0 Å². The van der Waals surface area contributed by atoms with Crippen LogP contribution in [0.3, 0.4) is 0 Å². The second kappa shape index (κ2) is 4.17. The van der Waals surface area contributed by atoms with E-state index in [9.17, 15) is 0 Å². The molecule has 0 amide bonds. The number of hydrogen-bond acceptors (Lipinski definition) is 3. The topological polar surface area (TPSA) is 38.7 Å². The molecule has 1 aliphatic rings. The Morgan fingerprint density at radius 2 is 2.07 bits per heavy atom. The first-order valence-corrected chi connectivity index (χ1v) is 5.27. The number of aliphatic hydroxyl groups excluding tert-OH is 1. The Hall–Kier alpha value is -0.120. The van der Waals surface area contributed by atoms with Gasteiger partial charge in [0.1, 0.15) is 0 Å². The van der Waals surface area contributed by atoms with E-state index in [1.54, 1.807) is 0 Å². The molecule has 1 aliphatic heterocycles. The molecule has 84 valence electrons. The van der Waals surface area contributed by atoms with Crippen LogP contribution in [0.25, 0.3) is 0 Å². The lowest BCUT2D eigenvalue weighted by Gasteiger charge is -2.30. The molecule has 0 aromatic rings. The van der Waals surface area contributed by atoms with Gasteiger partial charge in [-0.2, -0.15) is 0 Å². The van der Waals surface area contributed by atoms with E-state index in [1.165, 1.54) is 0 Å². The van der Waals surface area contributed by atoms with Crippen LogP contribution in [0.2, 0.25) is 0 Å². The van der Waals surface area contributed by atoms with E-state index in [1.807, 2.05) is 6.92 Å². The third kappa shape index (κ3) is 3.56. The molecule has 1 heterocycles. The molecule has 1 N–H and O–H groups in total. The summed E-state index contributed by atoms with van der Waals surface area (Å²) in [6.45, 7) is 9.27. The van der Waals surface area contributed by atoms with Gasteiger partial charge in [0.2, 0.25) is 0 Å². The molecule has 14 heavy (non-hydrogen) atoms. The van der Waals surface area contributed by atoms with Gasteiger partial charge in [0.15, 0.2) is 5.79 Å². The summed E-state index contributed by atoms with van der Waals surface area (Å²) < 4.78 is 11.4. The third-order valence-corrected chi connectivity index (χ3v) is 2.29. The fourth-order valence-electron chi connectivity index (χ4n) is 2.03. The van der Waals surface area contributed by atoms with Crippen LogP contribution in [0.4, 0.5) is 0 Å². The molecule has 1 fully saturated rings. The van der Waals surface area contributed by atoms with Crippen molar-refractivity contribution in [3.63, 3.8) is 0 Å². The van der Waals surface area contributed by atoms with E-state index in [2.05, 4.69) is 20.8 Å². The molecule has 0 spiro atoms. The first-order chi connectivity index (χ1) is 6.35. The summed E-state index contributed by atoms with van der Waals surface area (Å²) in [5, 5.41) is 8.79. The van der Waals surface area contributed by atoms with Crippen LogP contribution < -0.4 is 0 Å². The predicted molar refractivity (Wildman–Crippen MR) is 55.0 cm³/mol. The van der Waals surface area contributed by atoms with Crippen molar-refractivity contribution in [2.75, 3.05) is 13.2 Å². The normalized spacial score (nSPS) is 33.6. The molecule has 3 heteroatoms. The van der Waals surface area contributed by atoms with Gasteiger partial charge in [0.25, 0.3) is 0 Å². The molecule has 1 rings (SSSR count). The summed E-state index contributed by atoms with van der Waals surface area (Å²) in [7, 11) is 0. The van der Waals surface area contributed by atoms with Crippen LogP contribution in [0.15, 0.2) is 0 Å². The summed E-state index contributed by atoms with van der Waals surface area (Å²) in [4.78, 5) is 0. The lowest BCUT2D eigenvalue weighted by molar-refractivity contribution is -0.173. The number of rotatable bonds is 3. The molecular formula is C11H22O3. The van der Waals surface area contributed by atoms with Gasteiger partial charge >= 0.3 is 0 Å². The van der Waals surface area contributed by atoms with E-state index in [0.717, 1.165) is 6.42 Å². The Balaban J connectivity index is 2.45. The first kappa shape index (κ1) is 12.0. The fourth-order valence-corrected chi connectivity index (χ4v) is 2.03. The van der Waals surface area contributed by atoms with Crippen LogP contribution in [-0.2, 0) is 9.47 Å². The second-order valence-corrected chi connectivity index (χ2v) is 5.43. The highest BCUT2D eigenvalue weighted by Crippen LogP contribution is 2.35. The summed E-state index contributed by atoms with van der Waals surface area (Å²) in [6.07, 6.45) is 1.61. The fraction of sp³-hybridized carbons (Fsp3) is 1.00. The molecule has 0 saturated carbocycles. The largest absolute Gasteiger partial charge is 0.396 e. The van der Waals surface area contributed by atoms with E-state index in [4.69, 9.17) is 14.6 Å².